The molecule has 0 bridgehead atoms. The average Bonchev–Trinajstić information content (AvgIpc) is 2.38. The van der Waals surface area contributed by atoms with Gasteiger partial charge in [-0.1, -0.05) is 18.2 Å². The summed E-state index contributed by atoms with van der Waals surface area (Å²) in [4.78, 5) is 11.1. The molecule has 0 radical (unpaired) electrons. The molecule has 0 saturated carbocycles. The number of carboxylic acid groups (broad SMARTS) is 1. The number of carboxylic acids is 1. The summed E-state index contributed by atoms with van der Waals surface area (Å²) in [5.74, 6) is -1.23. The van der Waals surface area contributed by atoms with Crippen LogP contribution in [0.25, 0.3) is 0 Å². The molecule has 0 spiro atoms. The van der Waals surface area contributed by atoms with Gasteiger partial charge in [0.05, 0.1) is 5.56 Å². The van der Waals surface area contributed by atoms with Crippen molar-refractivity contribution in [2.75, 3.05) is 5.32 Å². The highest BCUT2D eigenvalue weighted by Gasteiger charge is 2.08. The van der Waals surface area contributed by atoms with Crippen LogP contribution in [-0.4, -0.2) is 11.1 Å². The number of hydrogen-bond donors (Lipinski definition) is 2. The average molecular weight is 259 g/mol. The summed E-state index contributed by atoms with van der Waals surface area (Å²) < 4.78 is 13.0. The molecule has 2 aromatic rings. The molecule has 98 valence electrons. The lowest BCUT2D eigenvalue weighted by Crippen LogP contribution is -2.07. The predicted molar refractivity (Wildman–Crippen MR) is 71.9 cm³/mol. The highest BCUT2D eigenvalue weighted by atomic mass is 19.1. The minimum absolute atomic E-state index is 0.273. The van der Waals surface area contributed by atoms with Gasteiger partial charge in [0.1, 0.15) is 5.82 Å². The topological polar surface area (TPSA) is 49.3 Å². The van der Waals surface area contributed by atoms with Gasteiger partial charge in [0, 0.05) is 12.2 Å². The van der Waals surface area contributed by atoms with Crippen molar-refractivity contribution < 1.29 is 14.3 Å². The zero-order chi connectivity index (χ0) is 13.8. The third kappa shape index (κ3) is 3.10. The smallest absolute Gasteiger partial charge is 0.336 e. The monoisotopic (exact) mass is 259 g/mol. The minimum Gasteiger partial charge on any atom is -0.478 e. The highest BCUT2D eigenvalue weighted by molar-refractivity contribution is 5.89. The number of hydrogen-bond acceptors (Lipinski definition) is 2. The van der Waals surface area contributed by atoms with E-state index in [0.29, 0.717) is 12.1 Å². The second-order valence-corrected chi connectivity index (χ2v) is 4.28. The Hall–Kier alpha value is -2.36. The van der Waals surface area contributed by atoms with Gasteiger partial charge in [0.25, 0.3) is 0 Å². The number of carbonyl (C=O) groups is 1. The van der Waals surface area contributed by atoms with Gasteiger partial charge in [-0.3, -0.25) is 0 Å². The Morgan fingerprint density at radius 1 is 1.26 bits per heavy atom. The van der Waals surface area contributed by atoms with Gasteiger partial charge >= 0.3 is 5.97 Å². The van der Waals surface area contributed by atoms with Gasteiger partial charge in [-0.2, -0.15) is 0 Å². The molecular formula is C15H14FNO2. The van der Waals surface area contributed by atoms with Crippen molar-refractivity contribution in [3.8, 4) is 0 Å². The molecule has 2 rings (SSSR count). The summed E-state index contributed by atoms with van der Waals surface area (Å²) in [5, 5.41) is 12.2. The number of halogens is 1. The maximum absolute atomic E-state index is 13.0. The maximum atomic E-state index is 13.0. The molecule has 3 nitrogen and oxygen atoms in total. The number of benzene rings is 2. The van der Waals surface area contributed by atoms with Crippen molar-refractivity contribution >= 4 is 11.7 Å². The molecule has 0 heterocycles. The van der Waals surface area contributed by atoms with Crippen LogP contribution >= 0.6 is 0 Å². The Kier molecular flexibility index (Phi) is 3.80. The van der Waals surface area contributed by atoms with Crippen molar-refractivity contribution in [1.82, 2.24) is 0 Å². The van der Waals surface area contributed by atoms with Gasteiger partial charge in [-0.05, 0) is 42.3 Å². The third-order valence-electron chi connectivity index (χ3n) is 2.91. The molecule has 4 heteroatoms. The Labute approximate surface area is 110 Å². The number of nitrogens with one attached hydrogen (secondary N) is 1. The van der Waals surface area contributed by atoms with Gasteiger partial charge in [0.2, 0.25) is 0 Å². The Morgan fingerprint density at radius 2 is 2.00 bits per heavy atom. The molecule has 0 amide bonds. The Morgan fingerprint density at radius 3 is 2.68 bits per heavy atom. The van der Waals surface area contributed by atoms with Crippen LogP contribution in [0.2, 0.25) is 0 Å². The van der Waals surface area contributed by atoms with Crippen molar-refractivity contribution in [3.63, 3.8) is 0 Å². The molecule has 0 aromatic heterocycles. The van der Waals surface area contributed by atoms with E-state index in [2.05, 4.69) is 5.32 Å². The minimum atomic E-state index is -0.951. The van der Waals surface area contributed by atoms with Crippen LogP contribution in [-0.2, 0) is 6.54 Å². The van der Waals surface area contributed by atoms with E-state index in [9.17, 15) is 9.18 Å². The summed E-state index contributed by atoms with van der Waals surface area (Å²) in [7, 11) is 0. The number of aromatic carboxylic acids is 1. The third-order valence-corrected chi connectivity index (χ3v) is 2.91. The van der Waals surface area contributed by atoms with E-state index in [0.717, 1.165) is 11.3 Å². The number of aryl methyl sites for hydroxylation is 1. The van der Waals surface area contributed by atoms with Crippen LogP contribution in [0.15, 0.2) is 42.5 Å². The summed E-state index contributed by atoms with van der Waals surface area (Å²) in [6, 6.07) is 11.3. The van der Waals surface area contributed by atoms with Crippen molar-refractivity contribution in [2.24, 2.45) is 0 Å². The summed E-state index contributed by atoms with van der Waals surface area (Å²) in [5.41, 5.74) is 2.54. The van der Waals surface area contributed by atoms with Gasteiger partial charge in [-0.25, -0.2) is 9.18 Å². The van der Waals surface area contributed by atoms with E-state index in [1.165, 1.54) is 12.1 Å². The fourth-order valence-corrected chi connectivity index (χ4v) is 1.90. The first kappa shape index (κ1) is 13.1. The van der Waals surface area contributed by atoms with Crippen LogP contribution < -0.4 is 5.32 Å². The van der Waals surface area contributed by atoms with Crippen molar-refractivity contribution in [2.45, 2.75) is 13.5 Å². The molecule has 0 atom stereocenters. The first-order valence-electron chi connectivity index (χ1n) is 5.89. The predicted octanol–water partition coefficient (Wildman–Crippen LogP) is 3.44. The van der Waals surface area contributed by atoms with E-state index < -0.39 is 5.97 Å². The molecule has 0 aliphatic heterocycles. The van der Waals surface area contributed by atoms with E-state index in [1.54, 1.807) is 37.3 Å². The molecular weight excluding hydrogens is 245 g/mol. The zero-order valence-corrected chi connectivity index (χ0v) is 10.5. The quantitative estimate of drug-likeness (QED) is 0.884. The van der Waals surface area contributed by atoms with Gasteiger partial charge < -0.3 is 10.4 Å². The number of rotatable bonds is 4. The molecule has 0 saturated heterocycles. The van der Waals surface area contributed by atoms with Crippen LogP contribution in [0.4, 0.5) is 10.1 Å². The second-order valence-electron chi connectivity index (χ2n) is 4.28. The lowest BCUT2D eigenvalue weighted by molar-refractivity contribution is 0.0696. The first-order valence-corrected chi connectivity index (χ1v) is 5.89. The Balaban J connectivity index is 2.17. The second kappa shape index (κ2) is 5.52. The molecule has 19 heavy (non-hydrogen) atoms. The highest BCUT2D eigenvalue weighted by Crippen LogP contribution is 2.18. The fraction of sp³-hybridized carbons (Fsp3) is 0.133. The molecule has 0 aliphatic carbocycles. The van der Waals surface area contributed by atoms with Crippen molar-refractivity contribution in [3.05, 3.63) is 65.0 Å². The molecule has 0 fully saturated rings. The van der Waals surface area contributed by atoms with Crippen LogP contribution in [0.1, 0.15) is 21.5 Å². The van der Waals surface area contributed by atoms with E-state index >= 15 is 0 Å². The molecule has 0 unspecified atom stereocenters. The van der Waals surface area contributed by atoms with Gasteiger partial charge in [-0.15, -0.1) is 0 Å². The lowest BCUT2D eigenvalue weighted by Gasteiger charge is -2.11. The summed E-state index contributed by atoms with van der Waals surface area (Å²) >= 11 is 0. The van der Waals surface area contributed by atoms with Crippen LogP contribution in [0, 0.1) is 12.7 Å². The van der Waals surface area contributed by atoms with E-state index in [-0.39, 0.29) is 11.4 Å². The van der Waals surface area contributed by atoms with Gasteiger partial charge in [0.15, 0.2) is 0 Å². The maximum Gasteiger partial charge on any atom is 0.336 e. The van der Waals surface area contributed by atoms with E-state index in [4.69, 9.17) is 5.11 Å². The van der Waals surface area contributed by atoms with Crippen molar-refractivity contribution in [1.29, 1.82) is 0 Å². The molecule has 0 aliphatic rings. The summed E-state index contributed by atoms with van der Waals surface area (Å²) in [6.45, 7) is 2.18. The van der Waals surface area contributed by atoms with Crippen LogP contribution in [0.5, 0.6) is 0 Å². The normalized spacial score (nSPS) is 10.2. The summed E-state index contributed by atoms with van der Waals surface area (Å²) in [6.07, 6.45) is 0. The standard InChI is InChI=1S/C15H14FNO2/c1-10-8-12(16)6-7-14(10)17-9-11-4-2-3-5-13(11)15(18)19/h2-8,17H,9H2,1H3,(H,18,19). The van der Waals surface area contributed by atoms with E-state index in [1.807, 2.05) is 0 Å². The Bertz CT molecular complexity index is 611. The lowest BCUT2D eigenvalue weighted by atomic mass is 10.1. The number of anilines is 1. The molecule has 2 aromatic carbocycles. The fourth-order valence-electron chi connectivity index (χ4n) is 1.90. The SMILES string of the molecule is Cc1cc(F)ccc1NCc1ccccc1C(=O)O. The van der Waals surface area contributed by atoms with Crippen LogP contribution in [0.3, 0.4) is 0 Å². The first-order chi connectivity index (χ1) is 9.08. The zero-order valence-electron chi connectivity index (χ0n) is 10.5. The largest absolute Gasteiger partial charge is 0.478 e. The molecule has 2 N–H and O–H groups in total.